The van der Waals surface area contributed by atoms with E-state index in [1.54, 1.807) is 24.4 Å². The van der Waals surface area contributed by atoms with E-state index in [-0.39, 0.29) is 41.1 Å². The van der Waals surface area contributed by atoms with Crippen LogP contribution in [0.2, 0.25) is 5.02 Å². The van der Waals surface area contributed by atoms with Gasteiger partial charge < -0.3 is 9.72 Å². The molecule has 2 aromatic heterocycles. The molecule has 0 aliphatic carbocycles. The van der Waals surface area contributed by atoms with E-state index in [0.717, 1.165) is 6.26 Å². The van der Waals surface area contributed by atoms with Crippen LogP contribution in [0.4, 0.5) is 0 Å². The number of aromatic amines is 1. The monoisotopic (exact) mass is 510 g/mol. The van der Waals surface area contributed by atoms with Gasteiger partial charge in [0.1, 0.15) is 17.2 Å². The Bertz CT molecular complexity index is 1570. The van der Waals surface area contributed by atoms with Crippen LogP contribution in [0.25, 0.3) is 22.6 Å². The number of likely N-dealkylation sites (tertiary alicyclic amines) is 1. The second kappa shape index (κ2) is 8.79. The predicted octanol–water partition coefficient (Wildman–Crippen LogP) is 4.12. The Kier molecular flexibility index (Phi) is 5.78. The van der Waals surface area contributed by atoms with Crippen LogP contribution >= 0.6 is 11.6 Å². The maximum absolute atomic E-state index is 12.2. The Morgan fingerprint density at radius 1 is 1.09 bits per heavy atom. The number of fused-ring (bicyclic) bond motifs is 1. The van der Waals surface area contributed by atoms with Crippen molar-refractivity contribution in [2.24, 2.45) is 0 Å². The number of rotatable bonds is 6. The topological polar surface area (TPSA) is 122 Å². The van der Waals surface area contributed by atoms with Crippen LogP contribution in [0.15, 0.2) is 59.6 Å². The number of imidazole rings is 1. The summed E-state index contributed by atoms with van der Waals surface area (Å²) >= 11 is 6.18. The molecular formula is C24H19ClN4O5S. The largest absolute Gasteiger partial charge is 0.457 e. The molecule has 0 saturated carbocycles. The predicted molar refractivity (Wildman–Crippen MR) is 129 cm³/mol. The van der Waals surface area contributed by atoms with E-state index in [4.69, 9.17) is 16.3 Å². The number of carbonyl (C=O) groups excluding carboxylic acids is 2. The van der Waals surface area contributed by atoms with E-state index >= 15 is 0 Å². The molecule has 0 radical (unpaired) electrons. The Hall–Kier alpha value is -3.76. The number of pyridine rings is 1. The molecule has 0 spiro atoms. The molecule has 1 N–H and O–H groups in total. The molecule has 0 bridgehead atoms. The van der Waals surface area contributed by atoms with Crippen molar-refractivity contribution in [3.63, 3.8) is 0 Å². The van der Waals surface area contributed by atoms with E-state index < -0.39 is 9.84 Å². The summed E-state index contributed by atoms with van der Waals surface area (Å²) < 4.78 is 29.8. The molecule has 9 nitrogen and oxygen atoms in total. The number of halogens is 1. The summed E-state index contributed by atoms with van der Waals surface area (Å²) in [4.78, 5) is 37.8. The van der Waals surface area contributed by atoms with Crippen molar-refractivity contribution in [1.82, 2.24) is 19.9 Å². The molecule has 5 rings (SSSR count). The standard InChI is InChI=1S/C24H19ClN4O5S/c1-35(32,33)21-6-5-15(11-16(21)25)34-20-12-19-18(27-24(28-19)17-4-2-3-9-26-17)10-14(20)13-29-22(30)7-8-23(29)31/h2-6,9-12H,7-8,13H2,1H3,(H,27,28). The third-order valence-corrected chi connectivity index (χ3v) is 7.17. The van der Waals surface area contributed by atoms with Gasteiger partial charge in [0, 0.05) is 43.0 Å². The molecule has 1 aliphatic rings. The number of ether oxygens (including phenoxy) is 1. The Balaban J connectivity index is 1.57. The molecule has 1 aliphatic heterocycles. The molecule has 2 amide bonds. The maximum atomic E-state index is 12.2. The van der Waals surface area contributed by atoms with Gasteiger partial charge >= 0.3 is 0 Å². The first kappa shape index (κ1) is 23.0. The summed E-state index contributed by atoms with van der Waals surface area (Å²) in [6, 6.07) is 13.2. The number of hydrogen-bond donors (Lipinski definition) is 1. The molecule has 1 saturated heterocycles. The van der Waals surface area contributed by atoms with Gasteiger partial charge in [-0.1, -0.05) is 17.7 Å². The molecule has 4 aromatic rings. The molecule has 11 heteroatoms. The number of amides is 2. The Morgan fingerprint density at radius 2 is 1.86 bits per heavy atom. The number of nitrogens with one attached hydrogen (secondary N) is 1. The minimum Gasteiger partial charge on any atom is -0.457 e. The molecular weight excluding hydrogens is 492 g/mol. The fraction of sp³-hybridized carbons (Fsp3) is 0.167. The summed E-state index contributed by atoms with van der Waals surface area (Å²) in [7, 11) is -3.50. The lowest BCUT2D eigenvalue weighted by atomic mass is 10.1. The number of imide groups is 1. The van der Waals surface area contributed by atoms with Gasteiger partial charge in [0.05, 0.1) is 27.5 Å². The number of carbonyl (C=O) groups is 2. The Morgan fingerprint density at radius 3 is 2.51 bits per heavy atom. The van der Waals surface area contributed by atoms with E-state index in [0.29, 0.717) is 39.6 Å². The zero-order valence-electron chi connectivity index (χ0n) is 18.5. The number of benzene rings is 2. The fourth-order valence-electron chi connectivity index (χ4n) is 3.87. The van der Waals surface area contributed by atoms with Crippen LogP contribution in [0.5, 0.6) is 11.5 Å². The van der Waals surface area contributed by atoms with Crippen molar-refractivity contribution in [2.75, 3.05) is 6.26 Å². The molecule has 0 unspecified atom stereocenters. The van der Waals surface area contributed by atoms with E-state index in [9.17, 15) is 18.0 Å². The molecule has 0 atom stereocenters. The highest BCUT2D eigenvalue weighted by Crippen LogP contribution is 2.34. The number of nitrogens with zero attached hydrogens (tertiary/aromatic N) is 3. The third-order valence-electron chi connectivity index (χ3n) is 5.59. The summed E-state index contributed by atoms with van der Waals surface area (Å²) in [5.74, 6) is 0.702. The maximum Gasteiger partial charge on any atom is 0.230 e. The van der Waals surface area contributed by atoms with Crippen molar-refractivity contribution in [1.29, 1.82) is 0 Å². The highest BCUT2D eigenvalue weighted by atomic mass is 35.5. The smallest absolute Gasteiger partial charge is 0.230 e. The van der Waals surface area contributed by atoms with Crippen molar-refractivity contribution < 1.29 is 22.7 Å². The lowest BCUT2D eigenvalue weighted by Gasteiger charge is -2.17. The van der Waals surface area contributed by atoms with E-state index in [2.05, 4.69) is 15.0 Å². The van der Waals surface area contributed by atoms with Gasteiger partial charge in [0.2, 0.25) is 11.8 Å². The molecule has 178 valence electrons. The van der Waals surface area contributed by atoms with Gasteiger partial charge in [0.15, 0.2) is 15.7 Å². The summed E-state index contributed by atoms with van der Waals surface area (Å²) in [6.07, 6.45) is 3.08. The van der Waals surface area contributed by atoms with Gasteiger partial charge in [0.25, 0.3) is 0 Å². The minimum atomic E-state index is -3.50. The summed E-state index contributed by atoms with van der Waals surface area (Å²) in [6.45, 7) is 0.0238. The summed E-state index contributed by atoms with van der Waals surface area (Å²) in [5.41, 5.74) is 2.49. The van der Waals surface area contributed by atoms with E-state index in [1.807, 2.05) is 12.1 Å². The van der Waals surface area contributed by atoms with Gasteiger partial charge in [-0.3, -0.25) is 19.5 Å². The minimum absolute atomic E-state index is 0.0113. The normalized spacial score (nSPS) is 14.2. The van der Waals surface area contributed by atoms with Crippen LogP contribution in [0.3, 0.4) is 0 Å². The van der Waals surface area contributed by atoms with Crippen molar-refractivity contribution in [2.45, 2.75) is 24.3 Å². The number of sulfone groups is 1. The summed E-state index contributed by atoms with van der Waals surface area (Å²) in [5, 5.41) is 0.0229. The third kappa shape index (κ3) is 4.62. The zero-order valence-corrected chi connectivity index (χ0v) is 20.1. The first-order valence-electron chi connectivity index (χ1n) is 10.6. The second-order valence-corrected chi connectivity index (χ2v) is 10.5. The van der Waals surface area contributed by atoms with E-state index in [1.165, 1.54) is 23.1 Å². The highest BCUT2D eigenvalue weighted by Gasteiger charge is 2.30. The molecule has 35 heavy (non-hydrogen) atoms. The average molecular weight is 511 g/mol. The SMILES string of the molecule is CS(=O)(=O)c1ccc(Oc2cc3nc(-c4ccccn4)[nH]c3cc2CN2C(=O)CCC2=O)cc1Cl. The second-order valence-electron chi connectivity index (χ2n) is 8.12. The highest BCUT2D eigenvalue weighted by molar-refractivity contribution is 7.90. The van der Waals surface area contributed by atoms with Crippen molar-refractivity contribution in [3.05, 3.63) is 65.3 Å². The zero-order chi connectivity index (χ0) is 24.7. The first-order valence-corrected chi connectivity index (χ1v) is 12.9. The molecule has 2 aromatic carbocycles. The molecule has 3 heterocycles. The lowest BCUT2D eigenvalue weighted by molar-refractivity contribution is -0.139. The van der Waals surface area contributed by atoms with Crippen LogP contribution < -0.4 is 4.74 Å². The van der Waals surface area contributed by atoms with Gasteiger partial charge in [-0.05, 0) is 30.3 Å². The lowest BCUT2D eigenvalue weighted by Crippen LogP contribution is -2.28. The Labute approximate surface area is 205 Å². The van der Waals surface area contributed by atoms with Crippen LogP contribution in [-0.2, 0) is 26.0 Å². The van der Waals surface area contributed by atoms with Crippen molar-refractivity contribution in [3.8, 4) is 23.0 Å². The van der Waals surface area contributed by atoms with Crippen molar-refractivity contribution >= 4 is 44.3 Å². The molecule has 1 fully saturated rings. The van der Waals surface area contributed by atoms with Gasteiger partial charge in [-0.2, -0.15) is 0 Å². The van der Waals surface area contributed by atoms with Crippen LogP contribution in [0, 0.1) is 0 Å². The quantitative estimate of drug-likeness (QED) is 0.387. The fourth-order valence-corrected chi connectivity index (χ4v) is 5.19. The van der Waals surface area contributed by atoms with Crippen LogP contribution in [-0.4, -0.2) is 46.3 Å². The van der Waals surface area contributed by atoms with Crippen LogP contribution in [0.1, 0.15) is 18.4 Å². The number of hydrogen-bond acceptors (Lipinski definition) is 7. The first-order chi connectivity index (χ1) is 16.7. The number of aromatic nitrogens is 3. The average Bonchev–Trinajstić information content (AvgIpc) is 3.37. The number of H-pyrrole nitrogens is 1. The van der Waals surface area contributed by atoms with Gasteiger partial charge in [-0.25, -0.2) is 13.4 Å². The van der Waals surface area contributed by atoms with Gasteiger partial charge in [-0.15, -0.1) is 0 Å².